The quantitative estimate of drug-likeness (QED) is 0.733. The number of fused-ring (bicyclic) bond motifs is 1. The fraction of sp³-hybridized carbons (Fsp3) is 0.222. The number of hydrogen-bond acceptors (Lipinski definition) is 4. The molecule has 0 aliphatic heterocycles. The van der Waals surface area contributed by atoms with Gasteiger partial charge in [0, 0.05) is 13.2 Å². The lowest BCUT2D eigenvalue weighted by molar-refractivity contribution is -0.118. The van der Waals surface area contributed by atoms with E-state index in [0.29, 0.717) is 5.95 Å². The number of carbonyl (C=O) groups excluding carboxylic acids is 1. The van der Waals surface area contributed by atoms with Crippen LogP contribution in [-0.4, -0.2) is 34.1 Å². The normalized spacial score (nSPS) is 10.2. The number of anilines is 1. The Morgan fingerprint density at radius 3 is 3.13 bits per heavy atom. The molecule has 0 aliphatic rings. The maximum Gasteiger partial charge on any atom is 0.243 e. The van der Waals surface area contributed by atoms with Crippen LogP contribution in [0.5, 0.6) is 0 Å². The van der Waals surface area contributed by atoms with Crippen LogP contribution in [0.1, 0.15) is 0 Å². The highest BCUT2D eigenvalue weighted by molar-refractivity contribution is 5.79. The molecule has 0 saturated carbocycles. The van der Waals surface area contributed by atoms with Gasteiger partial charge in [-0.2, -0.15) is 4.98 Å². The Morgan fingerprint density at radius 1 is 1.53 bits per heavy atom. The molecular weight excluding hydrogens is 194 g/mol. The lowest BCUT2D eigenvalue weighted by Gasteiger charge is -1.98. The van der Waals surface area contributed by atoms with Crippen LogP contribution in [0.3, 0.4) is 0 Å². The second-order valence-electron chi connectivity index (χ2n) is 2.97. The van der Waals surface area contributed by atoms with Crippen LogP contribution in [0.25, 0.3) is 5.65 Å². The summed E-state index contributed by atoms with van der Waals surface area (Å²) in [6.45, 7) is 0.174. The minimum Gasteiger partial charge on any atom is -0.358 e. The lowest BCUT2D eigenvalue weighted by atomic mass is 10.5. The molecule has 0 atom stereocenters. The number of carbonyl (C=O) groups is 1. The Hall–Kier alpha value is -2.11. The zero-order valence-electron chi connectivity index (χ0n) is 8.27. The van der Waals surface area contributed by atoms with Crippen molar-refractivity contribution in [1.29, 1.82) is 0 Å². The molecule has 6 heteroatoms. The van der Waals surface area contributed by atoms with Crippen LogP contribution >= 0.6 is 0 Å². The Balaban J connectivity index is 2.12. The van der Waals surface area contributed by atoms with Crippen LogP contribution in [-0.2, 0) is 4.79 Å². The predicted molar refractivity (Wildman–Crippen MR) is 55.5 cm³/mol. The molecule has 0 radical (unpaired) electrons. The molecule has 1 amide bonds. The van der Waals surface area contributed by atoms with Crippen LogP contribution < -0.4 is 10.6 Å². The average molecular weight is 205 g/mol. The zero-order valence-corrected chi connectivity index (χ0v) is 8.27. The third-order valence-corrected chi connectivity index (χ3v) is 1.93. The molecular formula is C9H11N5O. The van der Waals surface area contributed by atoms with E-state index in [1.54, 1.807) is 17.8 Å². The fourth-order valence-electron chi connectivity index (χ4n) is 1.15. The van der Waals surface area contributed by atoms with Crippen LogP contribution in [0, 0.1) is 0 Å². The van der Waals surface area contributed by atoms with Crippen molar-refractivity contribution < 1.29 is 4.79 Å². The number of nitrogens with zero attached hydrogens (tertiary/aromatic N) is 3. The van der Waals surface area contributed by atoms with Crippen molar-refractivity contribution in [3.05, 3.63) is 24.4 Å². The van der Waals surface area contributed by atoms with Crippen molar-refractivity contribution in [3.63, 3.8) is 0 Å². The minimum absolute atomic E-state index is 0.103. The summed E-state index contributed by atoms with van der Waals surface area (Å²) in [4.78, 5) is 15.1. The van der Waals surface area contributed by atoms with Crippen LogP contribution in [0.4, 0.5) is 5.95 Å². The number of amides is 1. The number of nitrogens with one attached hydrogen (secondary N) is 2. The van der Waals surface area contributed by atoms with Gasteiger partial charge in [-0.1, -0.05) is 6.07 Å². The molecule has 0 saturated heterocycles. The highest BCUT2D eigenvalue weighted by Gasteiger charge is 2.03. The smallest absolute Gasteiger partial charge is 0.243 e. The van der Waals surface area contributed by atoms with Crippen molar-refractivity contribution in [1.82, 2.24) is 19.9 Å². The molecule has 78 valence electrons. The summed E-state index contributed by atoms with van der Waals surface area (Å²) in [7, 11) is 1.58. The van der Waals surface area contributed by atoms with Crippen molar-refractivity contribution in [2.75, 3.05) is 18.9 Å². The molecule has 2 aromatic rings. The monoisotopic (exact) mass is 205 g/mol. The lowest BCUT2D eigenvalue weighted by Crippen LogP contribution is -2.26. The largest absolute Gasteiger partial charge is 0.358 e. The molecule has 0 fully saturated rings. The summed E-state index contributed by atoms with van der Waals surface area (Å²) in [5.41, 5.74) is 0.747. The molecule has 2 rings (SSSR count). The van der Waals surface area contributed by atoms with Gasteiger partial charge in [0.25, 0.3) is 0 Å². The Bertz CT molecular complexity index is 445. The standard InChI is InChI=1S/C9H11N5O/c1-10-8(15)6-11-9-12-7-4-2-3-5-14(7)13-9/h2-5H,6H2,1H3,(H,10,15)(H,11,13). The summed E-state index contributed by atoms with van der Waals surface area (Å²) in [5, 5.41) is 9.47. The summed E-state index contributed by atoms with van der Waals surface area (Å²) >= 11 is 0. The van der Waals surface area contributed by atoms with Crippen molar-refractivity contribution >= 4 is 17.5 Å². The molecule has 15 heavy (non-hydrogen) atoms. The zero-order chi connectivity index (χ0) is 10.7. The summed E-state index contributed by atoms with van der Waals surface area (Å²) in [5.74, 6) is 0.346. The first kappa shape index (κ1) is 9.45. The third-order valence-electron chi connectivity index (χ3n) is 1.93. The first-order chi connectivity index (χ1) is 7.29. The maximum absolute atomic E-state index is 11.0. The molecule has 0 spiro atoms. The van der Waals surface area contributed by atoms with Crippen LogP contribution in [0.2, 0.25) is 0 Å². The molecule has 2 N–H and O–H groups in total. The first-order valence-corrected chi connectivity index (χ1v) is 4.55. The van der Waals surface area contributed by atoms with E-state index < -0.39 is 0 Å². The van der Waals surface area contributed by atoms with E-state index in [0.717, 1.165) is 5.65 Å². The van der Waals surface area contributed by atoms with Gasteiger partial charge in [0.1, 0.15) is 0 Å². The van der Waals surface area contributed by atoms with Gasteiger partial charge in [0.15, 0.2) is 5.65 Å². The van der Waals surface area contributed by atoms with E-state index in [9.17, 15) is 4.79 Å². The number of likely N-dealkylation sites (N-methyl/N-ethyl adjacent to an activating group) is 1. The molecule has 2 aromatic heterocycles. The Kier molecular flexibility index (Phi) is 2.49. The second-order valence-corrected chi connectivity index (χ2v) is 2.97. The highest BCUT2D eigenvalue weighted by atomic mass is 16.1. The van der Waals surface area contributed by atoms with E-state index >= 15 is 0 Å². The van der Waals surface area contributed by atoms with E-state index in [-0.39, 0.29) is 12.5 Å². The van der Waals surface area contributed by atoms with Crippen molar-refractivity contribution in [3.8, 4) is 0 Å². The van der Waals surface area contributed by atoms with Gasteiger partial charge in [-0.3, -0.25) is 4.79 Å². The average Bonchev–Trinajstić information content (AvgIpc) is 2.68. The van der Waals surface area contributed by atoms with Gasteiger partial charge in [-0.15, -0.1) is 5.10 Å². The molecule has 0 aliphatic carbocycles. The highest BCUT2D eigenvalue weighted by Crippen LogP contribution is 2.03. The first-order valence-electron chi connectivity index (χ1n) is 4.55. The molecule has 0 unspecified atom stereocenters. The van der Waals surface area contributed by atoms with Gasteiger partial charge < -0.3 is 10.6 Å². The van der Waals surface area contributed by atoms with Gasteiger partial charge in [-0.25, -0.2) is 4.52 Å². The topological polar surface area (TPSA) is 71.3 Å². The van der Waals surface area contributed by atoms with E-state index in [1.807, 2.05) is 18.2 Å². The summed E-state index contributed by atoms with van der Waals surface area (Å²) in [6, 6.07) is 5.59. The second kappa shape index (κ2) is 3.95. The number of rotatable bonds is 3. The van der Waals surface area contributed by atoms with E-state index in [2.05, 4.69) is 20.7 Å². The molecule has 6 nitrogen and oxygen atoms in total. The molecule has 0 bridgehead atoms. The van der Waals surface area contributed by atoms with Gasteiger partial charge in [0.2, 0.25) is 11.9 Å². The van der Waals surface area contributed by atoms with Crippen molar-refractivity contribution in [2.24, 2.45) is 0 Å². The SMILES string of the molecule is CNC(=O)CNc1nc2ccccn2n1. The number of aromatic nitrogens is 3. The number of hydrogen-bond donors (Lipinski definition) is 2. The summed E-state index contributed by atoms with van der Waals surface area (Å²) in [6.07, 6.45) is 1.80. The third kappa shape index (κ3) is 2.04. The Morgan fingerprint density at radius 2 is 2.40 bits per heavy atom. The summed E-state index contributed by atoms with van der Waals surface area (Å²) < 4.78 is 1.65. The predicted octanol–water partition coefficient (Wildman–Crippen LogP) is -0.113. The van der Waals surface area contributed by atoms with E-state index in [4.69, 9.17) is 0 Å². The minimum atomic E-state index is -0.103. The Labute approximate surface area is 86.3 Å². The van der Waals surface area contributed by atoms with Crippen LogP contribution in [0.15, 0.2) is 24.4 Å². The van der Waals surface area contributed by atoms with Gasteiger partial charge >= 0.3 is 0 Å². The van der Waals surface area contributed by atoms with Gasteiger partial charge in [-0.05, 0) is 12.1 Å². The number of pyridine rings is 1. The van der Waals surface area contributed by atoms with E-state index in [1.165, 1.54) is 0 Å². The molecule has 2 heterocycles. The maximum atomic E-state index is 11.0. The molecule has 0 aromatic carbocycles. The fourth-order valence-corrected chi connectivity index (χ4v) is 1.15. The van der Waals surface area contributed by atoms with Crippen molar-refractivity contribution in [2.45, 2.75) is 0 Å². The van der Waals surface area contributed by atoms with Gasteiger partial charge in [0.05, 0.1) is 6.54 Å².